The van der Waals surface area contributed by atoms with Gasteiger partial charge in [0.2, 0.25) is 0 Å². The van der Waals surface area contributed by atoms with Crippen LogP contribution in [0, 0.1) is 34.5 Å². The van der Waals surface area contributed by atoms with Crippen molar-refractivity contribution >= 4 is 0 Å². The number of rotatable bonds is 0. The van der Waals surface area contributed by atoms with Gasteiger partial charge < -0.3 is 14.9 Å². The van der Waals surface area contributed by atoms with Gasteiger partial charge in [0.1, 0.15) is 0 Å². The van der Waals surface area contributed by atoms with Crippen molar-refractivity contribution in [2.75, 3.05) is 0 Å². The van der Waals surface area contributed by atoms with Gasteiger partial charge in [-0.2, -0.15) is 0 Å². The van der Waals surface area contributed by atoms with Crippen LogP contribution < -0.4 is 0 Å². The third-order valence-corrected chi connectivity index (χ3v) is 8.81. The van der Waals surface area contributed by atoms with E-state index in [0.29, 0.717) is 29.5 Å². The molecule has 0 aromatic rings. The van der Waals surface area contributed by atoms with Gasteiger partial charge >= 0.3 is 0 Å². The summed E-state index contributed by atoms with van der Waals surface area (Å²) in [5, 5.41) is 20.9. The summed E-state index contributed by atoms with van der Waals surface area (Å²) in [6.45, 7) is 4.88. The molecule has 5 aliphatic rings. The van der Waals surface area contributed by atoms with E-state index in [1.54, 1.807) is 0 Å². The van der Waals surface area contributed by atoms with Crippen molar-refractivity contribution in [2.45, 2.75) is 83.2 Å². The number of aliphatic hydroxyl groups excluding tert-OH is 2. The topological polar surface area (TPSA) is 53.0 Å². The number of aliphatic hydroxyl groups is 2. The Balaban J connectivity index is 1.49. The van der Waals surface area contributed by atoms with E-state index in [4.69, 9.17) is 4.74 Å². The minimum atomic E-state index is -0.207. The van der Waals surface area contributed by atoms with Gasteiger partial charge in [-0.1, -0.05) is 13.8 Å². The second kappa shape index (κ2) is 4.29. The lowest BCUT2D eigenvalue weighted by molar-refractivity contribution is -0.173. The molecule has 1 saturated heterocycles. The lowest BCUT2D eigenvalue weighted by Crippen LogP contribution is -2.58. The van der Waals surface area contributed by atoms with Crippen LogP contribution >= 0.6 is 0 Å². The van der Waals surface area contributed by atoms with Crippen molar-refractivity contribution < 1.29 is 14.9 Å². The molecule has 3 nitrogen and oxygen atoms in total. The normalized spacial score (nSPS) is 66.0. The highest BCUT2D eigenvalue weighted by atomic mass is 16.6. The highest BCUT2D eigenvalue weighted by Gasteiger charge is 2.68. The molecule has 0 unspecified atom stereocenters. The predicted octanol–water partition coefficient (Wildman–Crippen LogP) is 2.74. The monoisotopic (exact) mass is 306 g/mol. The SMILES string of the molecule is C[C@]12CC[C@H](O)C[C@@H]1[C@H](O)C[C@@H]1[C@@H]2CC[C@]2(C)[C@@H]3O[C@@H]3C[C@@H]12. The van der Waals surface area contributed by atoms with Gasteiger partial charge in [0.25, 0.3) is 0 Å². The van der Waals surface area contributed by atoms with Gasteiger partial charge in [-0.25, -0.2) is 0 Å². The number of hydrogen-bond donors (Lipinski definition) is 2. The summed E-state index contributed by atoms with van der Waals surface area (Å²) in [5.74, 6) is 2.51. The fourth-order valence-electron chi connectivity index (χ4n) is 7.58. The molecule has 0 radical (unpaired) electrons. The third-order valence-electron chi connectivity index (χ3n) is 8.81. The molecule has 2 N–H and O–H groups in total. The Hall–Kier alpha value is -0.120. The third kappa shape index (κ3) is 1.63. The van der Waals surface area contributed by atoms with E-state index in [-0.39, 0.29) is 17.6 Å². The zero-order chi connectivity index (χ0) is 15.3. The van der Waals surface area contributed by atoms with E-state index in [1.165, 1.54) is 19.3 Å². The van der Waals surface area contributed by atoms with Crippen molar-refractivity contribution in [1.29, 1.82) is 0 Å². The second-order valence-corrected chi connectivity index (χ2v) is 9.60. The van der Waals surface area contributed by atoms with E-state index < -0.39 is 0 Å². The van der Waals surface area contributed by atoms with Crippen LogP contribution in [0.2, 0.25) is 0 Å². The second-order valence-electron chi connectivity index (χ2n) is 9.60. The van der Waals surface area contributed by atoms with E-state index in [2.05, 4.69) is 13.8 Å². The summed E-state index contributed by atoms with van der Waals surface area (Å²) in [7, 11) is 0. The first-order chi connectivity index (χ1) is 10.4. The Labute approximate surface area is 133 Å². The van der Waals surface area contributed by atoms with Gasteiger partial charge in [-0.05, 0) is 79.4 Å². The van der Waals surface area contributed by atoms with Gasteiger partial charge in [-0.3, -0.25) is 0 Å². The fourth-order valence-corrected chi connectivity index (χ4v) is 7.58. The number of epoxide rings is 1. The molecule has 4 saturated carbocycles. The van der Waals surface area contributed by atoms with Crippen LogP contribution in [0.4, 0.5) is 0 Å². The average Bonchev–Trinajstić information content (AvgIpc) is 3.19. The Bertz CT molecular complexity index is 493. The van der Waals surface area contributed by atoms with Crippen molar-refractivity contribution in [1.82, 2.24) is 0 Å². The molecule has 1 heterocycles. The molecule has 0 aromatic heterocycles. The first-order valence-electron chi connectivity index (χ1n) is 9.45. The number of hydrogen-bond acceptors (Lipinski definition) is 3. The molecule has 124 valence electrons. The maximum absolute atomic E-state index is 10.9. The zero-order valence-corrected chi connectivity index (χ0v) is 13.9. The van der Waals surface area contributed by atoms with E-state index >= 15 is 0 Å². The quantitative estimate of drug-likeness (QED) is 0.677. The summed E-state index contributed by atoms with van der Waals surface area (Å²) >= 11 is 0. The van der Waals surface area contributed by atoms with Crippen molar-refractivity contribution in [3.8, 4) is 0 Å². The van der Waals surface area contributed by atoms with E-state index in [1.807, 2.05) is 0 Å². The zero-order valence-electron chi connectivity index (χ0n) is 13.9. The summed E-state index contributed by atoms with van der Waals surface area (Å²) in [5.41, 5.74) is 0.624. The van der Waals surface area contributed by atoms with Gasteiger partial charge in [0, 0.05) is 0 Å². The molecule has 0 amide bonds. The fraction of sp³-hybridized carbons (Fsp3) is 1.00. The Morgan fingerprint density at radius 1 is 0.864 bits per heavy atom. The predicted molar refractivity (Wildman–Crippen MR) is 83.2 cm³/mol. The minimum Gasteiger partial charge on any atom is -0.393 e. The molecule has 0 aromatic carbocycles. The lowest BCUT2D eigenvalue weighted by Gasteiger charge is -2.61. The molecule has 0 bridgehead atoms. The van der Waals surface area contributed by atoms with Gasteiger partial charge in [-0.15, -0.1) is 0 Å². The smallest absolute Gasteiger partial charge is 0.0898 e. The average molecular weight is 306 g/mol. The molecule has 22 heavy (non-hydrogen) atoms. The van der Waals surface area contributed by atoms with Crippen LogP contribution in [0.15, 0.2) is 0 Å². The standard InChI is InChI=1S/C19H30O3/c1-18-5-3-10(20)7-14(18)15(21)8-11-12(18)4-6-19(2)13(11)9-16-17(19)22-16/h10-17,20-21H,3-9H2,1-2H3/t10-,11+,12-,13-,14+,15+,16+,17+,18+,19-/m0/s1. The van der Waals surface area contributed by atoms with Crippen LogP contribution in [0.25, 0.3) is 0 Å². The van der Waals surface area contributed by atoms with Crippen LogP contribution in [-0.2, 0) is 4.74 Å². The van der Waals surface area contributed by atoms with Crippen LogP contribution in [-0.4, -0.2) is 34.6 Å². The minimum absolute atomic E-state index is 0.189. The Morgan fingerprint density at radius 3 is 2.45 bits per heavy atom. The molecule has 10 atom stereocenters. The summed E-state index contributed by atoms with van der Waals surface area (Å²) in [6, 6.07) is 0. The molecular weight excluding hydrogens is 276 g/mol. The molecule has 5 fully saturated rings. The van der Waals surface area contributed by atoms with E-state index in [0.717, 1.165) is 37.5 Å². The van der Waals surface area contributed by atoms with Crippen molar-refractivity contribution in [3.63, 3.8) is 0 Å². The molecule has 0 spiro atoms. The lowest BCUT2D eigenvalue weighted by atomic mass is 9.44. The first-order valence-corrected chi connectivity index (χ1v) is 9.45. The highest BCUT2D eigenvalue weighted by molar-refractivity contribution is 5.17. The van der Waals surface area contributed by atoms with Gasteiger partial charge in [0.15, 0.2) is 0 Å². The maximum atomic E-state index is 10.9. The molecular formula is C19H30O3. The molecule has 3 heteroatoms. The van der Waals surface area contributed by atoms with Crippen molar-refractivity contribution in [2.24, 2.45) is 34.5 Å². The maximum Gasteiger partial charge on any atom is 0.0898 e. The molecule has 1 aliphatic heterocycles. The highest BCUT2D eigenvalue weighted by Crippen LogP contribution is 2.69. The molecule has 4 aliphatic carbocycles. The Morgan fingerprint density at radius 2 is 1.64 bits per heavy atom. The molecule has 5 rings (SSSR count). The van der Waals surface area contributed by atoms with Crippen LogP contribution in [0.1, 0.15) is 58.8 Å². The van der Waals surface area contributed by atoms with Crippen LogP contribution in [0.5, 0.6) is 0 Å². The summed E-state index contributed by atoms with van der Waals surface area (Å²) in [6.07, 6.45) is 8.32. The van der Waals surface area contributed by atoms with Crippen molar-refractivity contribution in [3.05, 3.63) is 0 Å². The largest absolute Gasteiger partial charge is 0.393 e. The Kier molecular flexibility index (Phi) is 2.77. The summed E-state index contributed by atoms with van der Waals surface area (Å²) in [4.78, 5) is 0. The first kappa shape index (κ1) is 14.2. The number of fused-ring (bicyclic) bond motifs is 7. The summed E-state index contributed by atoms with van der Waals surface area (Å²) < 4.78 is 5.88. The van der Waals surface area contributed by atoms with E-state index in [9.17, 15) is 10.2 Å². The van der Waals surface area contributed by atoms with Crippen LogP contribution in [0.3, 0.4) is 0 Å². The number of ether oxygens (including phenoxy) is 1. The van der Waals surface area contributed by atoms with Gasteiger partial charge in [0.05, 0.1) is 24.4 Å².